The Hall–Kier alpha value is -2.52. The first-order valence-corrected chi connectivity index (χ1v) is 11.1. The van der Waals surface area contributed by atoms with Crippen molar-refractivity contribution in [2.24, 2.45) is 0 Å². The van der Waals surface area contributed by atoms with Crippen LogP contribution in [0.2, 0.25) is 0 Å². The van der Waals surface area contributed by atoms with Crippen molar-refractivity contribution in [1.82, 2.24) is 5.16 Å². The molecule has 3 rings (SSSR count). The zero-order valence-electron chi connectivity index (χ0n) is 16.1. The smallest absolute Gasteiger partial charge is 0.263 e. The maximum Gasteiger partial charge on any atom is 0.263 e. The number of thiophene rings is 1. The van der Waals surface area contributed by atoms with E-state index in [1.807, 2.05) is 20.8 Å². The molecule has 0 amide bonds. The molecule has 2 heterocycles. The average molecular weight is 423 g/mol. The molecule has 0 aliphatic rings. The van der Waals surface area contributed by atoms with Crippen LogP contribution >= 0.6 is 11.3 Å². The second kappa shape index (κ2) is 8.24. The average Bonchev–Trinajstić information content (AvgIpc) is 3.23. The molecule has 0 saturated heterocycles. The van der Waals surface area contributed by atoms with Crippen LogP contribution in [-0.4, -0.2) is 26.8 Å². The minimum absolute atomic E-state index is 0.186. The van der Waals surface area contributed by atoms with Gasteiger partial charge in [0.25, 0.3) is 10.0 Å². The van der Waals surface area contributed by atoms with Crippen LogP contribution in [0.25, 0.3) is 10.6 Å². The number of benzene rings is 1. The van der Waals surface area contributed by atoms with Gasteiger partial charge in [0, 0.05) is 17.0 Å². The number of sulfonamides is 1. The van der Waals surface area contributed by atoms with Crippen LogP contribution in [0.15, 0.2) is 39.8 Å². The quantitative estimate of drug-likeness (QED) is 0.570. The minimum atomic E-state index is -3.83. The Morgan fingerprint density at radius 1 is 1.11 bits per heavy atom. The monoisotopic (exact) mass is 422 g/mol. The van der Waals surface area contributed by atoms with Crippen LogP contribution < -0.4 is 14.2 Å². The van der Waals surface area contributed by atoms with Crippen LogP contribution in [0.3, 0.4) is 0 Å². The fourth-order valence-corrected chi connectivity index (χ4v) is 5.26. The van der Waals surface area contributed by atoms with Crippen LogP contribution in [0.4, 0.5) is 5.69 Å². The van der Waals surface area contributed by atoms with Crippen molar-refractivity contribution in [3.05, 3.63) is 40.9 Å². The second-order valence-corrected chi connectivity index (χ2v) is 8.90. The van der Waals surface area contributed by atoms with Crippen molar-refractivity contribution < 1.29 is 22.4 Å². The van der Waals surface area contributed by atoms with E-state index >= 15 is 0 Å². The normalized spacial score (nSPS) is 11.4. The molecule has 0 unspecified atom stereocenters. The molecule has 150 valence electrons. The summed E-state index contributed by atoms with van der Waals surface area (Å²) in [5.41, 5.74) is 1.06. The van der Waals surface area contributed by atoms with Crippen LogP contribution in [-0.2, 0) is 10.0 Å². The maximum atomic E-state index is 13.1. The van der Waals surface area contributed by atoms with Gasteiger partial charge in [-0.1, -0.05) is 5.16 Å². The van der Waals surface area contributed by atoms with Gasteiger partial charge in [0.05, 0.1) is 29.5 Å². The van der Waals surface area contributed by atoms with Crippen molar-refractivity contribution in [2.75, 3.05) is 17.9 Å². The lowest BCUT2D eigenvalue weighted by Crippen LogP contribution is -2.14. The lowest BCUT2D eigenvalue weighted by atomic mass is 10.3. The van der Waals surface area contributed by atoms with E-state index in [9.17, 15) is 8.42 Å². The van der Waals surface area contributed by atoms with Crippen molar-refractivity contribution >= 4 is 27.0 Å². The lowest BCUT2D eigenvalue weighted by molar-refractivity contribution is 0.332. The molecule has 0 saturated carbocycles. The first kappa shape index (κ1) is 20.2. The molecule has 2 aromatic heterocycles. The number of anilines is 1. The highest BCUT2D eigenvalue weighted by Crippen LogP contribution is 2.36. The summed E-state index contributed by atoms with van der Waals surface area (Å²) in [6, 6.07) is 8.42. The number of aromatic nitrogens is 1. The number of ether oxygens (including phenoxy) is 2. The number of rotatable bonds is 8. The number of nitrogens with zero attached hydrogens (tertiary/aromatic N) is 1. The van der Waals surface area contributed by atoms with Gasteiger partial charge in [-0.25, -0.2) is 8.42 Å². The van der Waals surface area contributed by atoms with E-state index in [2.05, 4.69) is 9.88 Å². The molecule has 1 aromatic carbocycles. The van der Waals surface area contributed by atoms with Crippen LogP contribution in [0.5, 0.6) is 11.5 Å². The highest BCUT2D eigenvalue weighted by atomic mass is 32.2. The van der Waals surface area contributed by atoms with Gasteiger partial charge in [0.2, 0.25) is 0 Å². The van der Waals surface area contributed by atoms with Gasteiger partial charge < -0.3 is 14.0 Å². The van der Waals surface area contributed by atoms with Gasteiger partial charge in [0.1, 0.15) is 16.4 Å². The molecule has 1 N–H and O–H groups in total. The van der Waals surface area contributed by atoms with E-state index in [0.717, 1.165) is 5.69 Å². The molecule has 0 atom stereocenters. The third-order valence-electron chi connectivity index (χ3n) is 3.84. The largest absolute Gasteiger partial charge is 0.494 e. The predicted octanol–water partition coefficient (Wildman–Crippen LogP) is 4.62. The summed E-state index contributed by atoms with van der Waals surface area (Å²) in [6.07, 6.45) is 0. The zero-order chi connectivity index (χ0) is 20.3. The summed E-state index contributed by atoms with van der Waals surface area (Å²) in [6.45, 7) is 8.16. The summed E-state index contributed by atoms with van der Waals surface area (Å²) in [7, 11) is -3.83. The molecule has 0 aliphatic carbocycles. The fourth-order valence-electron chi connectivity index (χ4n) is 2.66. The highest BCUT2D eigenvalue weighted by Gasteiger charge is 2.23. The number of hydrogen-bond donors (Lipinski definition) is 1. The molecular weight excluding hydrogens is 400 g/mol. The molecule has 9 heteroatoms. The topological polar surface area (TPSA) is 90.7 Å². The zero-order valence-corrected chi connectivity index (χ0v) is 17.7. The van der Waals surface area contributed by atoms with E-state index in [1.54, 1.807) is 37.3 Å². The standard InChI is InChI=1S/C19H22N2O5S2/c1-5-24-14-7-8-16(25-6-2)15(10-14)21-28(22,23)19-11-18(27-13(19)4)17-9-12(3)20-26-17/h7-11,21H,5-6H2,1-4H3. The van der Waals surface area contributed by atoms with Gasteiger partial charge in [-0.2, -0.15) is 0 Å². The Morgan fingerprint density at radius 3 is 2.50 bits per heavy atom. The minimum Gasteiger partial charge on any atom is -0.494 e. The molecule has 3 aromatic rings. The van der Waals surface area contributed by atoms with Gasteiger partial charge in [0.15, 0.2) is 5.76 Å². The summed E-state index contributed by atoms with van der Waals surface area (Å²) >= 11 is 1.34. The van der Waals surface area contributed by atoms with E-state index in [0.29, 0.717) is 45.9 Å². The Labute approximate surface area is 168 Å². The summed E-state index contributed by atoms with van der Waals surface area (Å²) < 4.78 is 45.0. The van der Waals surface area contributed by atoms with Gasteiger partial charge >= 0.3 is 0 Å². The molecule has 0 spiro atoms. The Kier molecular flexibility index (Phi) is 5.95. The number of aryl methyl sites for hydroxylation is 2. The molecule has 0 bridgehead atoms. The molecule has 0 radical (unpaired) electrons. The molecule has 0 fully saturated rings. The van der Waals surface area contributed by atoms with Gasteiger partial charge in [-0.05, 0) is 45.9 Å². The number of hydrogen-bond acceptors (Lipinski definition) is 7. The first-order valence-electron chi connectivity index (χ1n) is 8.80. The van der Waals surface area contributed by atoms with E-state index < -0.39 is 10.0 Å². The first-order chi connectivity index (χ1) is 13.3. The Morgan fingerprint density at radius 2 is 1.86 bits per heavy atom. The molecule has 7 nitrogen and oxygen atoms in total. The summed E-state index contributed by atoms with van der Waals surface area (Å²) in [4.78, 5) is 1.54. The van der Waals surface area contributed by atoms with Gasteiger partial charge in [-0.15, -0.1) is 11.3 Å². The number of nitrogens with one attached hydrogen (secondary N) is 1. The third-order valence-corrected chi connectivity index (χ3v) is 6.52. The van der Waals surface area contributed by atoms with Crippen LogP contribution in [0, 0.1) is 13.8 Å². The SMILES string of the molecule is CCOc1ccc(OCC)c(NS(=O)(=O)c2cc(-c3cc(C)no3)sc2C)c1. The van der Waals surface area contributed by atoms with Crippen molar-refractivity contribution in [2.45, 2.75) is 32.6 Å². The maximum absolute atomic E-state index is 13.1. The Balaban J connectivity index is 1.96. The second-order valence-electron chi connectivity index (χ2n) is 5.99. The van der Waals surface area contributed by atoms with E-state index in [4.69, 9.17) is 14.0 Å². The van der Waals surface area contributed by atoms with Crippen LogP contribution in [0.1, 0.15) is 24.4 Å². The molecule has 0 aliphatic heterocycles. The van der Waals surface area contributed by atoms with Gasteiger partial charge in [-0.3, -0.25) is 4.72 Å². The third kappa shape index (κ3) is 4.31. The van der Waals surface area contributed by atoms with Crippen molar-refractivity contribution in [1.29, 1.82) is 0 Å². The van der Waals surface area contributed by atoms with E-state index in [1.165, 1.54) is 11.3 Å². The molecule has 28 heavy (non-hydrogen) atoms. The molecular formula is C19H22N2O5S2. The lowest BCUT2D eigenvalue weighted by Gasteiger charge is -2.14. The fraction of sp³-hybridized carbons (Fsp3) is 0.316. The van der Waals surface area contributed by atoms with E-state index in [-0.39, 0.29) is 4.90 Å². The summed E-state index contributed by atoms with van der Waals surface area (Å²) in [5.74, 6) is 1.54. The Bertz CT molecular complexity index is 1070. The highest BCUT2D eigenvalue weighted by molar-refractivity contribution is 7.93. The predicted molar refractivity (Wildman–Crippen MR) is 109 cm³/mol. The summed E-state index contributed by atoms with van der Waals surface area (Å²) in [5, 5.41) is 3.86. The van der Waals surface area contributed by atoms with Crippen molar-refractivity contribution in [3.63, 3.8) is 0 Å². The van der Waals surface area contributed by atoms with Crippen molar-refractivity contribution in [3.8, 4) is 22.1 Å².